The molecule has 1 atom stereocenters. The number of fused-ring (bicyclic) bond motifs is 1. The summed E-state index contributed by atoms with van der Waals surface area (Å²) in [7, 11) is 1.77. The quantitative estimate of drug-likeness (QED) is 0.606. The molecule has 1 unspecified atom stereocenters. The van der Waals surface area contributed by atoms with Crippen molar-refractivity contribution in [1.29, 1.82) is 0 Å². The molecule has 1 fully saturated rings. The summed E-state index contributed by atoms with van der Waals surface area (Å²) in [6.07, 6.45) is 0.960. The highest BCUT2D eigenvalue weighted by Gasteiger charge is 2.26. The van der Waals surface area contributed by atoms with E-state index in [-0.39, 0.29) is 18.6 Å². The van der Waals surface area contributed by atoms with Gasteiger partial charge in [-0.25, -0.2) is 0 Å². The smallest absolute Gasteiger partial charge is 0.242 e. The standard InChI is InChI=1S/C23H30N4O2S/c1-16-4-5-19(17(2)12-16)20-15-27(9-10-29-20)23(24-3)25-13-22(28)26-8-6-21-18(14-26)7-11-30-21/h4-5,7,11-12,20H,6,8-10,13-15H2,1-3H3,(H,24,25). The molecule has 1 saturated heterocycles. The van der Waals surface area contributed by atoms with Gasteiger partial charge in [0.2, 0.25) is 5.91 Å². The molecule has 4 rings (SSSR count). The number of benzene rings is 1. The average Bonchev–Trinajstić information content (AvgIpc) is 3.22. The highest BCUT2D eigenvalue weighted by molar-refractivity contribution is 7.10. The van der Waals surface area contributed by atoms with Crippen molar-refractivity contribution in [3.05, 3.63) is 56.8 Å². The maximum atomic E-state index is 12.8. The number of ether oxygens (including phenoxy) is 1. The van der Waals surface area contributed by atoms with Gasteiger partial charge < -0.3 is 19.9 Å². The second-order valence-corrected chi connectivity index (χ2v) is 9.00. The summed E-state index contributed by atoms with van der Waals surface area (Å²) in [6.45, 7) is 8.13. The number of morpholine rings is 1. The second kappa shape index (κ2) is 9.18. The Kier molecular flexibility index (Phi) is 6.39. The fraction of sp³-hybridized carbons (Fsp3) is 0.478. The number of aliphatic imine (C=N–C) groups is 1. The summed E-state index contributed by atoms with van der Waals surface area (Å²) in [5.74, 6) is 0.877. The molecule has 1 aromatic carbocycles. The second-order valence-electron chi connectivity index (χ2n) is 8.00. The first kappa shape index (κ1) is 20.9. The molecule has 7 heteroatoms. The fourth-order valence-corrected chi connectivity index (χ4v) is 5.17. The van der Waals surface area contributed by atoms with Gasteiger partial charge in [-0.05, 0) is 48.4 Å². The van der Waals surface area contributed by atoms with Crippen molar-refractivity contribution in [2.75, 3.05) is 39.8 Å². The summed E-state index contributed by atoms with van der Waals surface area (Å²) in [4.78, 5) is 22.7. The van der Waals surface area contributed by atoms with Crippen LogP contribution < -0.4 is 5.32 Å². The van der Waals surface area contributed by atoms with Gasteiger partial charge in [0.25, 0.3) is 0 Å². The Morgan fingerprint density at radius 2 is 2.13 bits per heavy atom. The van der Waals surface area contributed by atoms with Crippen LogP contribution in [0.5, 0.6) is 0 Å². The molecular formula is C23H30N4O2S. The van der Waals surface area contributed by atoms with Crippen LogP contribution in [0, 0.1) is 13.8 Å². The number of hydrogen-bond acceptors (Lipinski definition) is 4. The molecule has 1 aromatic heterocycles. The van der Waals surface area contributed by atoms with Crippen molar-refractivity contribution in [3.63, 3.8) is 0 Å². The van der Waals surface area contributed by atoms with Crippen LogP contribution in [-0.2, 0) is 22.5 Å². The number of carbonyl (C=O) groups is 1. The highest BCUT2D eigenvalue weighted by atomic mass is 32.1. The van der Waals surface area contributed by atoms with Gasteiger partial charge >= 0.3 is 0 Å². The lowest BCUT2D eigenvalue weighted by Crippen LogP contribution is -2.51. The summed E-state index contributed by atoms with van der Waals surface area (Å²) in [6, 6.07) is 8.62. The molecule has 30 heavy (non-hydrogen) atoms. The number of nitrogens with one attached hydrogen (secondary N) is 1. The van der Waals surface area contributed by atoms with E-state index in [0.717, 1.165) is 32.0 Å². The van der Waals surface area contributed by atoms with Crippen molar-refractivity contribution in [2.24, 2.45) is 4.99 Å². The van der Waals surface area contributed by atoms with Gasteiger partial charge in [-0.15, -0.1) is 11.3 Å². The molecule has 0 bridgehead atoms. The predicted molar refractivity (Wildman–Crippen MR) is 121 cm³/mol. The fourth-order valence-electron chi connectivity index (χ4n) is 4.28. The zero-order chi connectivity index (χ0) is 21.1. The summed E-state index contributed by atoms with van der Waals surface area (Å²) < 4.78 is 6.06. The van der Waals surface area contributed by atoms with E-state index in [9.17, 15) is 4.79 Å². The minimum atomic E-state index is 0.00714. The maximum absolute atomic E-state index is 12.8. The molecule has 1 amide bonds. The summed E-state index contributed by atoms with van der Waals surface area (Å²) in [5.41, 5.74) is 5.01. The number of carbonyl (C=O) groups excluding carboxylic acids is 1. The van der Waals surface area contributed by atoms with E-state index < -0.39 is 0 Å². The SMILES string of the molecule is CN=C(NCC(=O)N1CCc2sccc2C1)N1CCOC(c2ccc(C)cc2C)C1. The number of guanidine groups is 1. The van der Waals surface area contributed by atoms with Gasteiger partial charge in [0.15, 0.2) is 5.96 Å². The highest BCUT2D eigenvalue weighted by Crippen LogP contribution is 2.26. The van der Waals surface area contributed by atoms with Gasteiger partial charge in [0, 0.05) is 31.6 Å². The van der Waals surface area contributed by atoms with Gasteiger partial charge in [-0.3, -0.25) is 9.79 Å². The van der Waals surface area contributed by atoms with Crippen LogP contribution in [0.2, 0.25) is 0 Å². The lowest BCUT2D eigenvalue weighted by Gasteiger charge is -2.36. The average molecular weight is 427 g/mol. The number of amides is 1. The van der Waals surface area contributed by atoms with Crippen LogP contribution in [0.4, 0.5) is 0 Å². The zero-order valence-electron chi connectivity index (χ0n) is 18.0. The van der Waals surface area contributed by atoms with E-state index in [1.54, 1.807) is 18.4 Å². The van der Waals surface area contributed by atoms with E-state index >= 15 is 0 Å². The Labute approximate surface area is 182 Å². The molecular weight excluding hydrogens is 396 g/mol. The Morgan fingerprint density at radius 3 is 2.93 bits per heavy atom. The number of nitrogens with zero attached hydrogens (tertiary/aromatic N) is 3. The Bertz CT molecular complexity index is 939. The largest absolute Gasteiger partial charge is 0.370 e. The first-order chi connectivity index (χ1) is 14.5. The molecule has 2 aliphatic rings. The first-order valence-corrected chi connectivity index (χ1v) is 11.4. The number of hydrogen-bond donors (Lipinski definition) is 1. The number of thiophene rings is 1. The Morgan fingerprint density at radius 1 is 1.27 bits per heavy atom. The Hall–Kier alpha value is -2.38. The third-order valence-corrected chi connectivity index (χ3v) is 6.93. The van der Waals surface area contributed by atoms with Crippen LogP contribution in [-0.4, -0.2) is 61.5 Å². The summed E-state index contributed by atoms with van der Waals surface area (Å²) >= 11 is 1.79. The number of aryl methyl sites for hydroxylation is 2. The van der Waals surface area contributed by atoms with E-state index in [1.165, 1.54) is 27.1 Å². The van der Waals surface area contributed by atoms with Gasteiger partial charge in [-0.1, -0.05) is 23.8 Å². The van der Waals surface area contributed by atoms with Crippen molar-refractivity contribution in [3.8, 4) is 0 Å². The Balaban J connectivity index is 1.35. The third-order valence-electron chi connectivity index (χ3n) is 5.91. The molecule has 3 heterocycles. The van der Waals surface area contributed by atoms with Crippen molar-refractivity contribution < 1.29 is 9.53 Å². The van der Waals surface area contributed by atoms with E-state index in [0.29, 0.717) is 13.2 Å². The van der Waals surface area contributed by atoms with Crippen LogP contribution in [0.15, 0.2) is 34.6 Å². The zero-order valence-corrected chi connectivity index (χ0v) is 18.8. The molecule has 0 spiro atoms. The maximum Gasteiger partial charge on any atom is 0.242 e. The molecule has 0 radical (unpaired) electrons. The van der Waals surface area contributed by atoms with Crippen molar-refractivity contribution in [1.82, 2.24) is 15.1 Å². The molecule has 6 nitrogen and oxygen atoms in total. The van der Waals surface area contributed by atoms with E-state index in [4.69, 9.17) is 4.74 Å². The van der Waals surface area contributed by atoms with Crippen LogP contribution in [0.3, 0.4) is 0 Å². The predicted octanol–water partition coefficient (Wildman–Crippen LogP) is 2.90. The summed E-state index contributed by atoms with van der Waals surface area (Å²) in [5, 5.41) is 5.40. The lowest BCUT2D eigenvalue weighted by atomic mass is 10.00. The monoisotopic (exact) mass is 426 g/mol. The van der Waals surface area contributed by atoms with Crippen molar-refractivity contribution in [2.45, 2.75) is 32.9 Å². The number of rotatable bonds is 3. The third kappa shape index (κ3) is 4.52. The molecule has 0 saturated carbocycles. The van der Waals surface area contributed by atoms with Crippen LogP contribution >= 0.6 is 11.3 Å². The molecule has 0 aliphatic carbocycles. The first-order valence-electron chi connectivity index (χ1n) is 10.5. The minimum absolute atomic E-state index is 0.00714. The molecule has 2 aliphatic heterocycles. The van der Waals surface area contributed by atoms with Crippen molar-refractivity contribution >= 4 is 23.2 Å². The van der Waals surface area contributed by atoms with Gasteiger partial charge in [0.1, 0.15) is 6.10 Å². The topological polar surface area (TPSA) is 57.2 Å². The van der Waals surface area contributed by atoms with Crippen LogP contribution in [0.1, 0.15) is 33.2 Å². The molecule has 2 aromatic rings. The van der Waals surface area contributed by atoms with Gasteiger partial charge in [-0.2, -0.15) is 0 Å². The van der Waals surface area contributed by atoms with Crippen LogP contribution in [0.25, 0.3) is 0 Å². The van der Waals surface area contributed by atoms with Gasteiger partial charge in [0.05, 0.1) is 19.7 Å². The normalized spacial score (nSPS) is 19.6. The van der Waals surface area contributed by atoms with E-state index in [2.05, 4.69) is 58.7 Å². The minimum Gasteiger partial charge on any atom is -0.370 e. The lowest BCUT2D eigenvalue weighted by molar-refractivity contribution is -0.130. The molecule has 160 valence electrons. The van der Waals surface area contributed by atoms with E-state index in [1.807, 2.05) is 4.90 Å². The molecule has 1 N–H and O–H groups in total.